The van der Waals surface area contributed by atoms with Crippen molar-refractivity contribution < 1.29 is 13.9 Å². The van der Waals surface area contributed by atoms with Gasteiger partial charge in [-0.2, -0.15) is 0 Å². The smallest absolute Gasteiger partial charge is 0.322 e. The lowest BCUT2D eigenvalue weighted by Crippen LogP contribution is -2.13. The predicted molar refractivity (Wildman–Crippen MR) is 97.5 cm³/mol. The molecule has 1 amide bonds. The molecule has 0 aliphatic heterocycles. The van der Waals surface area contributed by atoms with Crippen LogP contribution in [0.25, 0.3) is 11.5 Å². The highest BCUT2D eigenvalue weighted by atomic mass is 35.5. The van der Waals surface area contributed by atoms with Gasteiger partial charge in [0.1, 0.15) is 5.75 Å². The second kappa shape index (κ2) is 7.58. The maximum absolute atomic E-state index is 12.4. The summed E-state index contributed by atoms with van der Waals surface area (Å²) >= 11 is 7.56. The Balaban J connectivity index is 1.81. The highest BCUT2D eigenvalue weighted by molar-refractivity contribution is 7.98. The maximum Gasteiger partial charge on any atom is 0.322 e. The van der Waals surface area contributed by atoms with E-state index in [-0.39, 0.29) is 11.6 Å². The summed E-state index contributed by atoms with van der Waals surface area (Å²) in [7, 11) is 1.48. The molecule has 1 heterocycles. The molecule has 0 atom stereocenters. The number of rotatable bonds is 5. The summed E-state index contributed by atoms with van der Waals surface area (Å²) in [5, 5.41) is 10.8. The van der Waals surface area contributed by atoms with Crippen molar-refractivity contribution in [3.8, 4) is 17.2 Å². The van der Waals surface area contributed by atoms with Crippen molar-refractivity contribution in [2.75, 3.05) is 18.7 Å². The number of benzene rings is 2. The van der Waals surface area contributed by atoms with Crippen LogP contribution in [0, 0.1) is 0 Å². The monoisotopic (exact) mass is 375 g/mol. The largest absolute Gasteiger partial charge is 0.496 e. The number of carbonyl (C=O) groups excluding carboxylic acids is 1. The highest BCUT2D eigenvalue weighted by Crippen LogP contribution is 2.26. The number of carbonyl (C=O) groups is 1. The molecule has 0 aliphatic carbocycles. The van der Waals surface area contributed by atoms with Crippen LogP contribution < -0.4 is 10.1 Å². The van der Waals surface area contributed by atoms with Gasteiger partial charge in [-0.25, -0.2) is 0 Å². The number of nitrogens with one attached hydrogen (secondary N) is 1. The summed E-state index contributed by atoms with van der Waals surface area (Å²) in [5.74, 6) is 0.269. The molecule has 3 aromatic rings. The van der Waals surface area contributed by atoms with Crippen LogP contribution in [-0.2, 0) is 0 Å². The summed E-state index contributed by atoms with van der Waals surface area (Å²) in [6, 6.07) is 12.4. The Hall–Kier alpha value is -2.51. The Morgan fingerprint density at radius 2 is 2.08 bits per heavy atom. The van der Waals surface area contributed by atoms with Crippen molar-refractivity contribution >= 4 is 35.3 Å². The van der Waals surface area contributed by atoms with Crippen molar-refractivity contribution in [1.29, 1.82) is 0 Å². The lowest BCUT2D eigenvalue weighted by molar-refractivity contribution is 0.102. The van der Waals surface area contributed by atoms with E-state index in [1.165, 1.54) is 13.2 Å². The van der Waals surface area contributed by atoms with Crippen LogP contribution in [0.1, 0.15) is 10.4 Å². The van der Waals surface area contributed by atoms with E-state index in [4.69, 9.17) is 20.8 Å². The first-order chi connectivity index (χ1) is 12.1. The quantitative estimate of drug-likeness (QED) is 0.667. The molecule has 0 radical (unpaired) electrons. The van der Waals surface area contributed by atoms with Gasteiger partial charge in [-0.15, -0.1) is 16.9 Å². The summed E-state index contributed by atoms with van der Waals surface area (Å²) in [6.45, 7) is 0. The highest BCUT2D eigenvalue weighted by Gasteiger charge is 2.17. The van der Waals surface area contributed by atoms with Crippen LogP contribution in [0.2, 0.25) is 5.02 Å². The van der Waals surface area contributed by atoms with Crippen LogP contribution in [0.5, 0.6) is 5.75 Å². The molecular weight excluding hydrogens is 362 g/mol. The first-order valence-corrected chi connectivity index (χ1v) is 8.84. The topological polar surface area (TPSA) is 77.2 Å². The molecular formula is C17H14ClN3O3S. The SMILES string of the molecule is COc1ccc(Cl)cc1C(=O)Nc1nnc(-c2cccc(SC)c2)o1. The van der Waals surface area contributed by atoms with E-state index < -0.39 is 5.91 Å². The maximum atomic E-state index is 12.4. The average molecular weight is 376 g/mol. The van der Waals surface area contributed by atoms with Gasteiger partial charge in [0.2, 0.25) is 5.89 Å². The van der Waals surface area contributed by atoms with E-state index in [0.717, 1.165) is 10.5 Å². The zero-order valence-corrected chi connectivity index (χ0v) is 15.0. The number of halogens is 1. The molecule has 0 saturated carbocycles. The summed E-state index contributed by atoms with van der Waals surface area (Å²) in [5.41, 5.74) is 1.05. The molecule has 1 aromatic heterocycles. The first kappa shape index (κ1) is 17.3. The Morgan fingerprint density at radius 1 is 1.24 bits per heavy atom. The van der Waals surface area contributed by atoms with Crippen molar-refractivity contribution in [2.24, 2.45) is 0 Å². The summed E-state index contributed by atoms with van der Waals surface area (Å²) < 4.78 is 10.7. The third-order valence-corrected chi connectivity index (χ3v) is 4.33. The van der Waals surface area contributed by atoms with Crippen LogP contribution in [0.15, 0.2) is 51.8 Å². The number of methoxy groups -OCH3 is 1. The average Bonchev–Trinajstić information content (AvgIpc) is 3.10. The molecule has 0 fully saturated rings. The first-order valence-electron chi connectivity index (χ1n) is 7.23. The van der Waals surface area contributed by atoms with Gasteiger partial charge in [0.25, 0.3) is 5.91 Å². The number of anilines is 1. The molecule has 0 unspecified atom stereocenters. The number of hydrogen-bond donors (Lipinski definition) is 1. The Labute approximate surface area is 153 Å². The predicted octanol–water partition coefficient (Wildman–Crippen LogP) is 4.37. The zero-order chi connectivity index (χ0) is 17.8. The number of aromatic nitrogens is 2. The molecule has 2 aromatic carbocycles. The Morgan fingerprint density at radius 3 is 2.84 bits per heavy atom. The van der Waals surface area contributed by atoms with Crippen LogP contribution in [-0.4, -0.2) is 29.5 Å². The van der Waals surface area contributed by atoms with Crippen LogP contribution in [0.3, 0.4) is 0 Å². The Bertz CT molecular complexity index is 914. The van der Waals surface area contributed by atoms with E-state index in [2.05, 4.69) is 15.5 Å². The van der Waals surface area contributed by atoms with E-state index in [9.17, 15) is 4.79 Å². The van der Waals surface area contributed by atoms with Crippen LogP contribution in [0.4, 0.5) is 6.01 Å². The van der Waals surface area contributed by atoms with Crippen molar-refractivity contribution in [2.45, 2.75) is 4.90 Å². The lowest BCUT2D eigenvalue weighted by Gasteiger charge is -2.07. The minimum absolute atomic E-state index is 0.00316. The molecule has 0 aliphatic rings. The second-order valence-corrected chi connectivity index (χ2v) is 6.26. The standard InChI is InChI=1S/C17H14ClN3O3S/c1-23-14-7-6-11(18)9-13(14)15(22)19-17-21-20-16(24-17)10-4-3-5-12(8-10)25-2/h3-9H,1-2H3,(H,19,21,22). The van der Waals surface area contributed by atoms with Gasteiger partial charge in [-0.1, -0.05) is 22.8 Å². The van der Waals surface area contributed by atoms with E-state index >= 15 is 0 Å². The third-order valence-electron chi connectivity index (χ3n) is 3.37. The van der Waals surface area contributed by atoms with Crippen molar-refractivity contribution in [1.82, 2.24) is 10.2 Å². The Kier molecular flexibility index (Phi) is 5.25. The zero-order valence-electron chi connectivity index (χ0n) is 13.4. The van der Waals surface area contributed by atoms with Crippen molar-refractivity contribution in [3.63, 3.8) is 0 Å². The summed E-state index contributed by atoms with van der Waals surface area (Å²) in [6.07, 6.45) is 1.98. The third kappa shape index (κ3) is 3.94. The fraction of sp³-hybridized carbons (Fsp3) is 0.118. The van der Waals surface area contributed by atoms with E-state index in [1.54, 1.807) is 23.9 Å². The fourth-order valence-corrected chi connectivity index (χ4v) is 2.80. The molecule has 0 saturated heterocycles. The fourth-order valence-electron chi connectivity index (χ4n) is 2.17. The molecule has 0 bridgehead atoms. The van der Waals surface area contributed by atoms with Gasteiger partial charge >= 0.3 is 6.01 Å². The summed E-state index contributed by atoms with van der Waals surface area (Å²) in [4.78, 5) is 13.5. The number of nitrogens with zero attached hydrogens (tertiary/aromatic N) is 2. The van der Waals surface area contributed by atoms with Gasteiger partial charge in [0.05, 0.1) is 12.7 Å². The normalized spacial score (nSPS) is 10.5. The molecule has 0 spiro atoms. The van der Waals surface area contributed by atoms with E-state index in [1.807, 2.05) is 30.5 Å². The minimum Gasteiger partial charge on any atom is -0.496 e. The molecule has 6 nitrogen and oxygen atoms in total. The molecule has 3 rings (SSSR count). The lowest BCUT2D eigenvalue weighted by atomic mass is 10.2. The van der Waals surface area contributed by atoms with E-state index in [0.29, 0.717) is 16.7 Å². The number of amides is 1. The minimum atomic E-state index is -0.451. The van der Waals surface area contributed by atoms with Gasteiger partial charge < -0.3 is 9.15 Å². The number of thioether (sulfide) groups is 1. The van der Waals surface area contributed by atoms with Crippen molar-refractivity contribution in [3.05, 3.63) is 53.1 Å². The van der Waals surface area contributed by atoms with Gasteiger partial charge in [0.15, 0.2) is 0 Å². The second-order valence-electron chi connectivity index (χ2n) is 4.94. The van der Waals surface area contributed by atoms with Crippen LogP contribution >= 0.6 is 23.4 Å². The molecule has 128 valence electrons. The molecule has 25 heavy (non-hydrogen) atoms. The van der Waals surface area contributed by atoms with Gasteiger partial charge in [-0.05, 0) is 42.7 Å². The van der Waals surface area contributed by atoms with Gasteiger partial charge in [0, 0.05) is 15.5 Å². The molecule has 8 heteroatoms. The molecule has 1 N–H and O–H groups in total. The van der Waals surface area contributed by atoms with Gasteiger partial charge in [-0.3, -0.25) is 10.1 Å². The number of ether oxygens (including phenoxy) is 1. The number of hydrogen-bond acceptors (Lipinski definition) is 6.